The fourth-order valence-corrected chi connectivity index (χ4v) is 6.02. The second-order valence-electron chi connectivity index (χ2n) is 8.25. The largest absolute Gasteiger partial charge is 0.497 e. The number of halogens is 1. The Labute approximate surface area is 199 Å². The molecule has 1 aliphatic heterocycles. The lowest BCUT2D eigenvalue weighted by Gasteiger charge is -2.35. The van der Waals surface area contributed by atoms with Crippen LogP contribution in [0.25, 0.3) is 0 Å². The van der Waals surface area contributed by atoms with E-state index in [-0.39, 0.29) is 24.0 Å². The van der Waals surface area contributed by atoms with Gasteiger partial charge < -0.3 is 15.4 Å². The van der Waals surface area contributed by atoms with E-state index < -0.39 is 27.7 Å². The van der Waals surface area contributed by atoms with Crippen LogP contribution in [0.2, 0.25) is 0 Å². The third-order valence-corrected chi connectivity index (χ3v) is 7.97. The third-order valence-electron chi connectivity index (χ3n) is 5.85. The minimum absolute atomic E-state index is 0.0850. The Morgan fingerprint density at radius 2 is 1.88 bits per heavy atom. The number of hydrogen-bond acceptors (Lipinski definition) is 5. The molecule has 0 aromatic heterocycles. The molecule has 0 unspecified atom stereocenters. The fourth-order valence-electron chi connectivity index (χ4n) is 4.09. The van der Waals surface area contributed by atoms with Gasteiger partial charge in [-0.25, -0.2) is 12.8 Å². The van der Waals surface area contributed by atoms with Crippen molar-refractivity contribution in [2.45, 2.75) is 50.1 Å². The maximum absolute atomic E-state index is 13.5. The molecule has 3 rings (SSSR count). The van der Waals surface area contributed by atoms with Gasteiger partial charge in [-0.1, -0.05) is 18.6 Å². The topological polar surface area (TPSA) is 105 Å². The van der Waals surface area contributed by atoms with E-state index in [4.69, 9.17) is 4.74 Å². The van der Waals surface area contributed by atoms with Crippen LogP contribution >= 0.6 is 0 Å². The van der Waals surface area contributed by atoms with Crippen LogP contribution in [0.1, 0.15) is 36.8 Å². The summed E-state index contributed by atoms with van der Waals surface area (Å²) in [6.45, 7) is 2.26. The lowest BCUT2D eigenvalue weighted by molar-refractivity contribution is -0.139. The summed E-state index contributed by atoms with van der Waals surface area (Å²) in [5.74, 6) is -1.38. The number of carbonyl (C=O) groups excluding carboxylic acids is 2. The summed E-state index contributed by atoms with van der Waals surface area (Å²) in [6.07, 6.45) is 2.62. The number of sulfonamides is 1. The SMILES string of the molecule is COc1cccc(CNC(=O)C(=O)NCC[C@H]2CCCCN2S(=O)(=O)c2ccc(F)cc2C)c1. The highest BCUT2D eigenvalue weighted by atomic mass is 32.2. The smallest absolute Gasteiger partial charge is 0.309 e. The standard InChI is InChI=1S/C24H30FN3O5S/c1-17-14-19(25)9-10-22(17)34(31,32)28-13-4-3-7-20(28)11-12-26-23(29)24(30)27-16-18-6-5-8-21(15-18)33-2/h5-6,8-10,14-15,20H,3-4,7,11-13,16H2,1-2H3,(H,26,29)(H,27,30)/t20-/m1/s1. The first kappa shape index (κ1) is 25.6. The van der Waals surface area contributed by atoms with Gasteiger partial charge in [0.05, 0.1) is 12.0 Å². The van der Waals surface area contributed by atoms with Crippen molar-refractivity contribution in [3.05, 3.63) is 59.4 Å². The average molecular weight is 492 g/mol. The predicted molar refractivity (Wildman–Crippen MR) is 125 cm³/mol. The van der Waals surface area contributed by atoms with Gasteiger partial charge in [0.15, 0.2) is 0 Å². The lowest BCUT2D eigenvalue weighted by atomic mass is 10.0. The van der Waals surface area contributed by atoms with Crippen LogP contribution in [0.4, 0.5) is 4.39 Å². The van der Waals surface area contributed by atoms with Gasteiger partial charge in [0.1, 0.15) is 11.6 Å². The number of hydrogen-bond donors (Lipinski definition) is 2. The molecule has 2 aromatic carbocycles. The molecular formula is C24H30FN3O5S. The summed E-state index contributed by atoms with van der Waals surface area (Å²) in [4.78, 5) is 24.4. The summed E-state index contributed by atoms with van der Waals surface area (Å²) < 4.78 is 46.5. The van der Waals surface area contributed by atoms with E-state index in [9.17, 15) is 22.4 Å². The molecule has 2 N–H and O–H groups in total. The Kier molecular flexibility index (Phi) is 8.62. The fraction of sp³-hybridized carbons (Fsp3) is 0.417. The van der Waals surface area contributed by atoms with Crippen molar-refractivity contribution in [1.82, 2.24) is 14.9 Å². The molecule has 34 heavy (non-hydrogen) atoms. The average Bonchev–Trinajstić information content (AvgIpc) is 2.82. The van der Waals surface area contributed by atoms with Crippen LogP contribution in [0.15, 0.2) is 47.4 Å². The van der Waals surface area contributed by atoms with E-state index in [0.717, 1.165) is 24.5 Å². The highest BCUT2D eigenvalue weighted by molar-refractivity contribution is 7.89. The Bertz CT molecular complexity index is 1140. The molecule has 184 valence electrons. The van der Waals surface area contributed by atoms with E-state index in [1.165, 1.54) is 16.4 Å². The second-order valence-corrected chi connectivity index (χ2v) is 10.1. The van der Waals surface area contributed by atoms with E-state index in [1.54, 1.807) is 32.2 Å². The van der Waals surface area contributed by atoms with Gasteiger partial charge in [-0.15, -0.1) is 0 Å². The third kappa shape index (κ3) is 6.32. The number of rotatable bonds is 8. The van der Waals surface area contributed by atoms with E-state index >= 15 is 0 Å². The molecule has 0 bridgehead atoms. The Balaban J connectivity index is 1.54. The van der Waals surface area contributed by atoms with Crippen LogP contribution < -0.4 is 15.4 Å². The van der Waals surface area contributed by atoms with Crippen LogP contribution in [-0.4, -0.2) is 50.8 Å². The molecule has 1 aliphatic rings. The highest BCUT2D eigenvalue weighted by Crippen LogP contribution is 2.28. The van der Waals surface area contributed by atoms with Gasteiger partial charge in [-0.2, -0.15) is 4.31 Å². The minimum Gasteiger partial charge on any atom is -0.497 e. The Hall–Kier alpha value is -2.98. The van der Waals surface area contributed by atoms with Gasteiger partial charge in [0, 0.05) is 25.7 Å². The Morgan fingerprint density at radius 1 is 1.12 bits per heavy atom. The molecule has 0 spiro atoms. The molecule has 8 nitrogen and oxygen atoms in total. The van der Waals surface area contributed by atoms with Gasteiger partial charge in [0.25, 0.3) is 0 Å². The number of piperidine rings is 1. The number of amides is 2. The first-order valence-corrected chi connectivity index (χ1v) is 12.6. The van der Waals surface area contributed by atoms with Crippen LogP contribution in [-0.2, 0) is 26.2 Å². The Morgan fingerprint density at radius 3 is 2.62 bits per heavy atom. The minimum atomic E-state index is -3.81. The van der Waals surface area contributed by atoms with Crippen LogP contribution in [0, 0.1) is 12.7 Å². The molecule has 0 aliphatic carbocycles. The maximum atomic E-state index is 13.5. The molecule has 1 fully saturated rings. The molecule has 1 atom stereocenters. The summed E-state index contributed by atoms with van der Waals surface area (Å²) in [7, 11) is -2.26. The van der Waals surface area contributed by atoms with Gasteiger partial charge in [-0.3, -0.25) is 9.59 Å². The van der Waals surface area contributed by atoms with Crippen molar-refractivity contribution >= 4 is 21.8 Å². The van der Waals surface area contributed by atoms with Crippen LogP contribution in [0.5, 0.6) is 5.75 Å². The van der Waals surface area contributed by atoms with Crippen molar-refractivity contribution in [2.24, 2.45) is 0 Å². The van der Waals surface area contributed by atoms with Gasteiger partial charge in [-0.05, 0) is 67.6 Å². The van der Waals surface area contributed by atoms with Crippen LogP contribution in [0.3, 0.4) is 0 Å². The second kappa shape index (κ2) is 11.4. The van der Waals surface area contributed by atoms with E-state index in [1.807, 2.05) is 6.07 Å². The van der Waals surface area contributed by atoms with Gasteiger partial charge >= 0.3 is 11.8 Å². The van der Waals surface area contributed by atoms with E-state index in [2.05, 4.69) is 10.6 Å². The maximum Gasteiger partial charge on any atom is 0.309 e. The number of methoxy groups -OCH3 is 1. The van der Waals surface area contributed by atoms with Crippen molar-refractivity contribution in [3.8, 4) is 5.75 Å². The summed E-state index contributed by atoms with van der Waals surface area (Å²) >= 11 is 0. The molecule has 2 amide bonds. The summed E-state index contributed by atoms with van der Waals surface area (Å²) in [5, 5.41) is 5.13. The predicted octanol–water partition coefficient (Wildman–Crippen LogP) is 2.51. The number of aryl methyl sites for hydroxylation is 1. The molecule has 1 heterocycles. The zero-order chi connectivity index (χ0) is 24.7. The first-order chi connectivity index (χ1) is 16.2. The zero-order valence-electron chi connectivity index (χ0n) is 19.3. The lowest BCUT2D eigenvalue weighted by Crippen LogP contribution is -2.46. The normalized spacial score (nSPS) is 16.6. The first-order valence-electron chi connectivity index (χ1n) is 11.2. The van der Waals surface area contributed by atoms with Crippen molar-refractivity contribution in [2.75, 3.05) is 20.2 Å². The molecule has 10 heteroatoms. The monoisotopic (exact) mass is 491 g/mol. The molecule has 1 saturated heterocycles. The number of ether oxygens (including phenoxy) is 1. The summed E-state index contributed by atoms with van der Waals surface area (Å²) in [6, 6.07) is 10.5. The van der Waals surface area contributed by atoms with Gasteiger partial charge in [0.2, 0.25) is 10.0 Å². The zero-order valence-corrected chi connectivity index (χ0v) is 20.2. The number of nitrogens with one attached hydrogen (secondary N) is 2. The molecule has 0 saturated carbocycles. The number of nitrogens with zero attached hydrogens (tertiary/aromatic N) is 1. The quantitative estimate of drug-likeness (QED) is 0.552. The highest BCUT2D eigenvalue weighted by Gasteiger charge is 2.34. The van der Waals surface area contributed by atoms with E-state index in [0.29, 0.717) is 30.7 Å². The van der Waals surface area contributed by atoms with Crippen molar-refractivity contribution in [3.63, 3.8) is 0 Å². The molecule has 2 aromatic rings. The van der Waals surface area contributed by atoms with Crippen molar-refractivity contribution < 1.29 is 27.1 Å². The number of benzene rings is 2. The molecule has 0 radical (unpaired) electrons. The molecular weight excluding hydrogens is 461 g/mol. The summed E-state index contributed by atoms with van der Waals surface area (Å²) in [5.41, 5.74) is 1.14. The number of carbonyl (C=O) groups is 2. The van der Waals surface area contributed by atoms with Crippen molar-refractivity contribution in [1.29, 1.82) is 0 Å².